The van der Waals surface area contributed by atoms with Gasteiger partial charge in [0.05, 0.1) is 30.6 Å². The van der Waals surface area contributed by atoms with Crippen molar-refractivity contribution in [1.82, 2.24) is 0 Å². The summed E-state index contributed by atoms with van der Waals surface area (Å²) in [5, 5.41) is 13.8. The number of benzene rings is 1. The van der Waals surface area contributed by atoms with Crippen LogP contribution < -0.4 is 4.74 Å². The highest BCUT2D eigenvalue weighted by Gasteiger charge is 2.44. The van der Waals surface area contributed by atoms with Crippen molar-refractivity contribution in [2.75, 3.05) is 13.7 Å². The van der Waals surface area contributed by atoms with Crippen molar-refractivity contribution in [2.45, 2.75) is 71.7 Å². The number of oxime groups is 1. The summed E-state index contributed by atoms with van der Waals surface area (Å²) in [4.78, 5) is 17.3. The van der Waals surface area contributed by atoms with Gasteiger partial charge in [0, 0.05) is 11.5 Å². The number of ether oxygens (including phenoxy) is 1. The molecule has 32 heavy (non-hydrogen) atoms. The van der Waals surface area contributed by atoms with E-state index in [-0.39, 0.29) is 34.7 Å². The third kappa shape index (κ3) is 6.41. The number of aromatic carboxylic acids is 1. The Balaban J connectivity index is 1.65. The van der Waals surface area contributed by atoms with Crippen LogP contribution in [0, 0.1) is 11.8 Å². The molecule has 1 heterocycles. The lowest BCUT2D eigenvalue weighted by Crippen LogP contribution is -2.23. The predicted molar refractivity (Wildman–Crippen MR) is 122 cm³/mol. The highest BCUT2D eigenvalue weighted by Crippen LogP contribution is 2.49. The van der Waals surface area contributed by atoms with Crippen molar-refractivity contribution in [3.05, 3.63) is 29.3 Å². The Bertz CT molecular complexity index is 843. The van der Waals surface area contributed by atoms with Crippen molar-refractivity contribution in [3.63, 3.8) is 0 Å². The van der Waals surface area contributed by atoms with Gasteiger partial charge in [-0.25, -0.2) is 4.79 Å². The molecule has 1 saturated carbocycles. The van der Waals surface area contributed by atoms with Gasteiger partial charge in [-0.1, -0.05) is 5.16 Å². The van der Waals surface area contributed by atoms with Gasteiger partial charge in [-0.15, -0.1) is 0 Å². The summed E-state index contributed by atoms with van der Waals surface area (Å²) in [6.07, 6.45) is 1.62. The van der Waals surface area contributed by atoms with Crippen molar-refractivity contribution in [2.24, 2.45) is 17.0 Å². The summed E-state index contributed by atoms with van der Waals surface area (Å²) >= 11 is 0. The molecule has 0 spiro atoms. The second-order valence-corrected chi connectivity index (χ2v) is 11.3. The molecule has 1 N–H and O–H groups in total. The van der Waals surface area contributed by atoms with E-state index in [2.05, 4.69) is 5.16 Å². The van der Waals surface area contributed by atoms with E-state index in [1.54, 1.807) is 12.1 Å². The van der Waals surface area contributed by atoms with E-state index in [0.29, 0.717) is 12.4 Å². The predicted octanol–water partition coefficient (Wildman–Crippen LogP) is 5.40. The largest absolute Gasteiger partial charge is 0.496 e. The van der Waals surface area contributed by atoms with E-state index in [4.69, 9.17) is 23.1 Å². The van der Waals surface area contributed by atoms with Crippen LogP contribution in [0.5, 0.6) is 5.75 Å². The van der Waals surface area contributed by atoms with Crippen molar-refractivity contribution in [1.29, 1.82) is 0 Å². The van der Waals surface area contributed by atoms with E-state index < -0.39 is 14.6 Å². The Morgan fingerprint density at radius 3 is 2.38 bits per heavy atom. The summed E-state index contributed by atoms with van der Waals surface area (Å²) in [6, 6.07) is 5.08. The van der Waals surface area contributed by atoms with Gasteiger partial charge >= 0.3 is 14.6 Å². The van der Waals surface area contributed by atoms with Crippen LogP contribution in [0.25, 0.3) is 0 Å². The highest BCUT2D eigenvalue weighted by atomic mass is 31.2. The first-order chi connectivity index (χ1) is 14.9. The summed E-state index contributed by atoms with van der Waals surface area (Å²) < 4.78 is 23.3. The van der Waals surface area contributed by atoms with Crippen LogP contribution in [-0.2, 0) is 18.4 Å². The fourth-order valence-corrected chi connectivity index (χ4v) is 5.19. The molecule has 1 fully saturated rings. The van der Waals surface area contributed by atoms with Crippen LogP contribution >= 0.6 is 8.60 Å². The number of methoxy groups -OCH3 is 1. The summed E-state index contributed by atoms with van der Waals surface area (Å²) in [5.74, 6) is -0.355. The molecule has 8 nitrogen and oxygen atoms in total. The first-order valence-corrected chi connectivity index (χ1v) is 11.9. The zero-order valence-electron chi connectivity index (χ0n) is 19.9. The van der Waals surface area contributed by atoms with Gasteiger partial charge in [-0.3, -0.25) is 0 Å². The number of hydrogen-bond acceptors (Lipinski definition) is 7. The summed E-state index contributed by atoms with van der Waals surface area (Å²) in [5.41, 5.74) is 0.886. The van der Waals surface area contributed by atoms with Crippen molar-refractivity contribution >= 4 is 20.3 Å². The molecule has 0 radical (unpaired) electrons. The fraction of sp³-hybridized carbons (Fsp3) is 0.652. The molecule has 3 unspecified atom stereocenters. The van der Waals surface area contributed by atoms with E-state index in [9.17, 15) is 9.90 Å². The minimum Gasteiger partial charge on any atom is -0.496 e. The number of carboxylic acid groups (broad SMARTS) is 1. The lowest BCUT2D eigenvalue weighted by Gasteiger charge is -2.31. The maximum Gasteiger partial charge on any atom is 0.339 e. The fourth-order valence-electron chi connectivity index (χ4n) is 3.82. The average Bonchev–Trinajstić information content (AvgIpc) is 3.23. The lowest BCUT2D eigenvalue weighted by atomic mass is 9.92. The molecular weight excluding hydrogens is 433 g/mol. The second-order valence-electron chi connectivity index (χ2n) is 10.2. The Hall–Kier alpha value is -1.73. The number of hydrogen-bond donors (Lipinski definition) is 1. The van der Waals surface area contributed by atoms with E-state index >= 15 is 0 Å². The molecule has 2 aliphatic rings. The van der Waals surface area contributed by atoms with Crippen LogP contribution in [0.4, 0.5) is 0 Å². The van der Waals surface area contributed by atoms with Crippen LogP contribution in [0.2, 0.25) is 0 Å². The van der Waals surface area contributed by atoms with Gasteiger partial charge in [-0.05, 0) is 78.5 Å². The Morgan fingerprint density at radius 1 is 1.16 bits per heavy atom. The van der Waals surface area contributed by atoms with E-state index in [0.717, 1.165) is 24.1 Å². The highest BCUT2D eigenvalue weighted by molar-refractivity contribution is 7.41. The molecular formula is C23H34NO7P. The minimum absolute atomic E-state index is 0.0349. The number of carbonyl (C=O) groups is 1. The molecule has 1 aromatic carbocycles. The Morgan fingerprint density at radius 2 is 1.81 bits per heavy atom. The third-order valence-electron chi connectivity index (χ3n) is 5.08. The lowest BCUT2D eigenvalue weighted by molar-refractivity contribution is 0.0264. The molecule has 0 amide bonds. The quantitative estimate of drug-likeness (QED) is 0.512. The first kappa shape index (κ1) is 24.9. The monoisotopic (exact) mass is 467 g/mol. The Kier molecular flexibility index (Phi) is 7.50. The van der Waals surface area contributed by atoms with E-state index in [1.165, 1.54) is 7.11 Å². The molecule has 0 saturated heterocycles. The average molecular weight is 467 g/mol. The molecule has 9 heteroatoms. The first-order valence-electron chi connectivity index (χ1n) is 10.8. The van der Waals surface area contributed by atoms with Crippen molar-refractivity contribution < 1.29 is 33.0 Å². The van der Waals surface area contributed by atoms with Gasteiger partial charge in [0.25, 0.3) is 0 Å². The number of rotatable bonds is 8. The van der Waals surface area contributed by atoms with Crippen LogP contribution in [0.15, 0.2) is 23.4 Å². The number of fused-ring (bicyclic) bond motifs is 1. The normalized spacial score (nSPS) is 23.1. The standard InChI is InChI=1S/C23H34NO7P/c1-22(2,3)30-32(31-23(4,5)6)28-13-14-10-16-19(11-14)29-24-20(16)15-8-9-18(27-7)17(12-15)21(25)26/h8-9,12,14,16,19H,10-11,13H2,1-7H3,(H,25,26). The molecule has 0 aromatic heterocycles. The van der Waals surface area contributed by atoms with Crippen LogP contribution in [0.3, 0.4) is 0 Å². The maximum absolute atomic E-state index is 11.6. The minimum atomic E-state index is -1.49. The topological polar surface area (TPSA) is 95.8 Å². The van der Waals surface area contributed by atoms with Gasteiger partial charge in [0.1, 0.15) is 17.4 Å². The molecule has 0 bridgehead atoms. The molecule has 1 aromatic rings. The maximum atomic E-state index is 11.6. The SMILES string of the molecule is COc1ccc(C2=NOC3CC(COP(OC(C)(C)C)OC(C)(C)C)CC23)cc1C(=O)O. The molecule has 1 aliphatic heterocycles. The summed E-state index contributed by atoms with van der Waals surface area (Å²) in [6.45, 7) is 12.4. The van der Waals surface area contributed by atoms with E-state index in [1.807, 2.05) is 47.6 Å². The zero-order valence-corrected chi connectivity index (χ0v) is 20.8. The van der Waals surface area contributed by atoms with Gasteiger partial charge in [0.2, 0.25) is 0 Å². The summed E-state index contributed by atoms with van der Waals surface area (Å²) in [7, 11) is -0.0350. The van der Waals surface area contributed by atoms with Crippen LogP contribution in [0.1, 0.15) is 70.3 Å². The zero-order chi connectivity index (χ0) is 23.7. The third-order valence-corrected chi connectivity index (χ3v) is 6.83. The molecule has 1 aliphatic carbocycles. The van der Waals surface area contributed by atoms with Gasteiger partial charge in [-0.2, -0.15) is 0 Å². The van der Waals surface area contributed by atoms with Gasteiger partial charge < -0.3 is 28.3 Å². The number of nitrogens with zero attached hydrogens (tertiary/aromatic N) is 1. The van der Waals surface area contributed by atoms with Gasteiger partial charge in [0.15, 0.2) is 0 Å². The molecule has 178 valence electrons. The smallest absolute Gasteiger partial charge is 0.339 e. The molecule has 3 rings (SSSR count). The second kappa shape index (κ2) is 9.64. The number of carboxylic acids is 1. The molecule has 3 atom stereocenters. The Labute approximate surface area is 191 Å². The van der Waals surface area contributed by atoms with Crippen molar-refractivity contribution in [3.8, 4) is 5.75 Å². The van der Waals surface area contributed by atoms with Crippen LogP contribution in [-0.4, -0.2) is 47.8 Å².